The summed E-state index contributed by atoms with van der Waals surface area (Å²) < 4.78 is 11.1. The Morgan fingerprint density at radius 1 is 1.16 bits per heavy atom. The number of hydrogen-bond donors (Lipinski definition) is 1. The van der Waals surface area contributed by atoms with Crippen molar-refractivity contribution in [1.29, 1.82) is 0 Å². The van der Waals surface area contributed by atoms with Crippen LogP contribution < -0.4 is 5.32 Å². The highest BCUT2D eigenvalue weighted by atomic mass is 16.5. The van der Waals surface area contributed by atoms with Gasteiger partial charge in [-0.05, 0) is 41.8 Å². The van der Waals surface area contributed by atoms with Gasteiger partial charge < -0.3 is 14.5 Å². The number of hydrogen-bond acceptors (Lipinski definition) is 3. The van der Waals surface area contributed by atoms with Crippen molar-refractivity contribution in [2.24, 2.45) is 0 Å². The first-order valence-corrected chi connectivity index (χ1v) is 6.85. The van der Waals surface area contributed by atoms with E-state index in [4.69, 9.17) is 9.15 Å². The fraction of sp³-hybridized carbons (Fsp3) is 0.375. The zero-order valence-corrected chi connectivity index (χ0v) is 11.2. The zero-order valence-electron chi connectivity index (χ0n) is 11.2. The summed E-state index contributed by atoms with van der Waals surface area (Å²) >= 11 is 0. The van der Waals surface area contributed by atoms with Crippen LogP contribution in [0, 0.1) is 0 Å². The number of benzene rings is 1. The topological polar surface area (TPSA) is 34.4 Å². The maximum atomic E-state index is 5.59. The molecule has 3 nitrogen and oxygen atoms in total. The Morgan fingerprint density at radius 2 is 2.05 bits per heavy atom. The highest BCUT2D eigenvalue weighted by Gasteiger charge is 2.14. The predicted octanol–water partition coefficient (Wildman–Crippen LogP) is 3.48. The van der Waals surface area contributed by atoms with Crippen molar-refractivity contribution in [1.82, 2.24) is 5.32 Å². The molecule has 0 saturated carbocycles. The van der Waals surface area contributed by atoms with Crippen molar-refractivity contribution in [3.63, 3.8) is 0 Å². The van der Waals surface area contributed by atoms with Gasteiger partial charge in [0.15, 0.2) is 0 Å². The van der Waals surface area contributed by atoms with E-state index in [0.29, 0.717) is 0 Å². The van der Waals surface area contributed by atoms with E-state index in [0.717, 1.165) is 38.5 Å². The summed E-state index contributed by atoms with van der Waals surface area (Å²) in [7, 11) is 0. The molecule has 2 heterocycles. The Hall–Kier alpha value is -1.58. The van der Waals surface area contributed by atoms with Gasteiger partial charge in [0.05, 0.1) is 26.0 Å². The van der Waals surface area contributed by atoms with E-state index in [-0.39, 0.29) is 0 Å². The number of nitrogens with one attached hydrogen (secondary N) is 1. The zero-order chi connectivity index (χ0) is 13.1. The van der Waals surface area contributed by atoms with Crippen LogP contribution in [0.25, 0.3) is 11.1 Å². The molecule has 0 fully saturated rings. The maximum absolute atomic E-state index is 5.59. The normalized spacial score (nSPS) is 13.7. The first kappa shape index (κ1) is 12.5. The largest absolute Gasteiger partial charge is 0.467 e. The van der Waals surface area contributed by atoms with Gasteiger partial charge in [-0.15, -0.1) is 0 Å². The molecule has 1 aromatic heterocycles. The van der Waals surface area contributed by atoms with Gasteiger partial charge >= 0.3 is 0 Å². The molecule has 1 aromatic carbocycles. The van der Waals surface area contributed by atoms with Gasteiger partial charge in [0, 0.05) is 5.56 Å². The van der Waals surface area contributed by atoms with E-state index in [2.05, 4.69) is 30.4 Å². The Labute approximate surface area is 113 Å². The van der Waals surface area contributed by atoms with Crippen LogP contribution in [0.3, 0.4) is 0 Å². The summed E-state index contributed by atoms with van der Waals surface area (Å²) in [5.41, 5.74) is 4.99. The quantitative estimate of drug-likeness (QED) is 0.833. The number of rotatable bonds is 5. The second-order valence-electron chi connectivity index (χ2n) is 4.91. The van der Waals surface area contributed by atoms with E-state index >= 15 is 0 Å². The first-order chi connectivity index (χ1) is 9.38. The molecule has 3 heteroatoms. The third kappa shape index (κ3) is 2.57. The summed E-state index contributed by atoms with van der Waals surface area (Å²) in [6.07, 6.45) is 2.90. The first-order valence-electron chi connectivity index (χ1n) is 6.85. The van der Waals surface area contributed by atoms with Gasteiger partial charge in [-0.1, -0.05) is 19.1 Å². The van der Waals surface area contributed by atoms with Gasteiger partial charge in [-0.2, -0.15) is 0 Å². The van der Waals surface area contributed by atoms with Crippen LogP contribution in [0.1, 0.15) is 30.2 Å². The van der Waals surface area contributed by atoms with Gasteiger partial charge in [0.25, 0.3) is 0 Å². The molecule has 2 aromatic rings. The van der Waals surface area contributed by atoms with Crippen molar-refractivity contribution in [3.8, 4) is 11.1 Å². The standard InChI is InChI=1S/C16H19NO2/c1-2-6-17-9-16-15(5-7-19-16)12-3-4-13-10-18-11-14(13)8-12/h3-5,7-8,17H,2,6,9-11H2,1H3. The highest BCUT2D eigenvalue weighted by molar-refractivity contribution is 5.67. The third-order valence-electron chi connectivity index (χ3n) is 3.49. The minimum absolute atomic E-state index is 0.727. The molecule has 1 aliphatic heterocycles. The maximum Gasteiger partial charge on any atom is 0.125 e. The van der Waals surface area contributed by atoms with Gasteiger partial charge in [-0.3, -0.25) is 0 Å². The van der Waals surface area contributed by atoms with E-state index in [1.165, 1.54) is 22.3 Å². The summed E-state index contributed by atoms with van der Waals surface area (Å²) in [5, 5.41) is 3.38. The van der Waals surface area contributed by atoms with Crippen LogP contribution >= 0.6 is 0 Å². The van der Waals surface area contributed by atoms with Crippen LogP contribution in [0.4, 0.5) is 0 Å². The van der Waals surface area contributed by atoms with Gasteiger partial charge in [0.2, 0.25) is 0 Å². The van der Waals surface area contributed by atoms with Crippen LogP contribution in [-0.4, -0.2) is 6.54 Å². The fourth-order valence-electron chi connectivity index (χ4n) is 2.45. The minimum Gasteiger partial charge on any atom is -0.467 e. The molecule has 0 unspecified atom stereocenters. The molecule has 1 aliphatic rings. The van der Waals surface area contributed by atoms with Gasteiger partial charge in [-0.25, -0.2) is 0 Å². The summed E-state index contributed by atoms with van der Waals surface area (Å²) in [4.78, 5) is 0. The van der Waals surface area contributed by atoms with Crippen molar-refractivity contribution in [2.75, 3.05) is 6.54 Å². The van der Waals surface area contributed by atoms with Crippen LogP contribution in [0.2, 0.25) is 0 Å². The number of ether oxygens (including phenoxy) is 1. The monoisotopic (exact) mass is 257 g/mol. The molecule has 1 N–H and O–H groups in total. The molecular weight excluding hydrogens is 238 g/mol. The molecule has 100 valence electrons. The Balaban J connectivity index is 1.84. The predicted molar refractivity (Wildman–Crippen MR) is 74.6 cm³/mol. The molecule has 0 amide bonds. The molecule has 3 rings (SSSR count). The molecule has 0 bridgehead atoms. The summed E-state index contributed by atoms with van der Waals surface area (Å²) in [6, 6.07) is 8.58. The molecule has 0 aliphatic carbocycles. The highest BCUT2D eigenvalue weighted by Crippen LogP contribution is 2.29. The SMILES string of the molecule is CCCNCc1occc1-c1ccc2c(c1)COC2. The lowest BCUT2D eigenvalue weighted by atomic mass is 10.0. The lowest BCUT2D eigenvalue weighted by molar-refractivity contribution is 0.134. The Bertz CT molecular complexity index is 560. The fourth-order valence-corrected chi connectivity index (χ4v) is 2.45. The van der Waals surface area contributed by atoms with E-state index < -0.39 is 0 Å². The lowest BCUT2D eigenvalue weighted by Gasteiger charge is -2.06. The van der Waals surface area contributed by atoms with E-state index in [9.17, 15) is 0 Å². The molecular formula is C16H19NO2. The van der Waals surface area contributed by atoms with E-state index in [1.807, 2.05) is 6.07 Å². The second kappa shape index (κ2) is 5.59. The molecule has 0 spiro atoms. The van der Waals surface area contributed by atoms with E-state index in [1.54, 1.807) is 6.26 Å². The smallest absolute Gasteiger partial charge is 0.125 e. The lowest BCUT2D eigenvalue weighted by Crippen LogP contribution is -2.13. The number of fused-ring (bicyclic) bond motifs is 1. The summed E-state index contributed by atoms with van der Waals surface area (Å²) in [5.74, 6) is 1.01. The third-order valence-corrected chi connectivity index (χ3v) is 3.49. The van der Waals surface area contributed by atoms with Crippen LogP contribution in [0.5, 0.6) is 0 Å². The minimum atomic E-state index is 0.727. The average Bonchev–Trinajstić information content (AvgIpc) is 3.06. The Morgan fingerprint density at radius 3 is 2.95 bits per heavy atom. The molecule has 19 heavy (non-hydrogen) atoms. The van der Waals surface area contributed by atoms with Crippen LogP contribution in [-0.2, 0) is 24.5 Å². The van der Waals surface area contributed by atoms with Crippen molar-refractivity contribution >= 4 is 0 Å². The Kier molecular flexibility index (Phi) is 3.67. The van der Waals surface area contributed by atoms with Crippen LogP contribution in [0.15, 0.2) is 34.9 Å². The molecule has 0 radical (unpaired) electrons. The van der Waals surface area contributed by atoms with Crippen molar-refractivity contribution in [3.05, 3.63) is 47.4 Å². The average molecular weight is 257 g/mol. The molecule has 0 saturated heterocycles. The van der Waals surface area contributed by atoms with Crippen molar-refractivity contribution in [2.45, 2.75) is 33.1 Å². The van der Waals surface area contributed by atoms with Crippen molar-refractivity contribution < 1.29 is 9.15 Å². The summed E-state index contributed by atoms with van der Waals surface area (Å²) in [6.45, 7) is 5.43. The van der Waals surface area contributed by atoms with Gasteiger partial charge in [0.1, 0.15) is 5.76 Å². The number of furan rings is 1. The molecule has 0 atom stereocenters. The second-order valence-corrected chi connectivity index (χ2v) is 4.91.